The quantitative estimate of drug-likeness (QED) is 0.337. The van der Waals surface area contributed by atoms with Crippen molar-refractivity contribution in [1.29, 1.82) is 0 Å². The summed E-state index contributed by atoms with van der Waals surface area (Å²) in [6, 6.07) is 2.93. The van der Waals surface area contributed by atoms with Gasteiger partial charge in [0.15, 0.2) is 11.5 Å². The van der Waals surface area contributed by atoms with Gasteiger partial charge in [-0.15, -0.1) is 0 Å². The van der Waals surface area contributed by atoms with E-state index in [4.69, 9.17) is 4.74 Å². The molecule has 1 saturated carbocycles. The zero-order chi connectivity index (χ0) is 28.7. The number of aromatic nitrogens is 3. The molecule has 1 unspecified atom stereocenters. The zero-order valence-corrected chi connectivity index (χ0v) is 24.0. The van der Waals surface area contributed by atoms with Gasteiger partial charge in [0.25, 0.3) is 0 Å². The fraction of sp³-hybridized carbons (Fsp3) is 0.533. The molecule has 9 nitrogen and oxygen atoms in total. The van der Waals surface area contributed by atoms with E-state index < -0.39 is 11.4 Å². The second kappa shape index (κ2) is 10.7. The summed E-state index contributed by atoms with van der Waals surface area (Å²) >= 11 is 0. The van der Waals surface area contributed by atoms with Crippen LogP contribution in [0.2, 0.25) is 0 Å². The average molecular weight is 551 g/mol. The Morgan fingerprint density at radius 1 is 1.25 bits per heavy atom. The maximum atomic E-state index is 14.4. The highest BCUT2D eigenvalue weighted by molar-refractivity contribution is 6.03. The molecule has 1 aliphatic heterocycles. The first kappa shape index (κ1) is 27.9. The third-order valence-electron chi connectivity index (χ3n) is 7.79. The molecule has 0 bridgehead atoms. The highest BCUT2D eigenvalue weighted by atomic mass is 19.1. The molecule has 4 heterocycles. The third kappa shape index (κ3) is 6.05. The van der Waals surface area contributed by atoms with E-state index in [1.165, 1.54) is 29.5 Å². The van der Waals surface area contributed by atoms with Crippen molar-refractivity contribution >= 4 is 34.8 Å². The molecule has 10 heteroatoms. The fourth-order valence-electron chi connectivity index (χ4n) is 5.32. The summed E-state index contributed by atoms with van der Waals surface area (Å²) in [5.41, 5.74) is 2.35. The number of nitrogens with zero attached hydrogens (tertiary/aromatic N) is 5. The van der Waals surface area contributed by atoms with Crippen LogP contribution in [0.15, 0.2) is 36.9 Å². The highest BCUT2D eigenvalue weighted by Crippen LogP contribution is 2.47. The number of hydrogen-bond donors (Lipinski definition) is 1. The Morgan fingerprint density at radius 2 is 2.02 bits per heavy atom. The van der Waals surface area contributed by atoms with E-state index in [-0.39, 0.29) is 29.0 Å². The van der Waals surface area contributed by atoms with Gasteiger partial charge in [-0.2, -0.15) is 0 Å². The number of ether oxygens (including phenoxy) is 1. The minimum absolute atomic E-state index is 0.152. The van der Waals surface area contributed by atoms with Crippen molar-refractivity contribution < 1.29 is 18.7 Å². The van der Waals surface area contributed by atoms with E-state index in [0.717, 1.165) is 17.8 Å². The van der Waals surface area contributed by atoms with Crippen molar-refractivity contribution in [2.24, 2.45) is 11.3 Å². The monoisotopic (exact) mass is 550 g/mol. The summed E-state index contributed by atoms with van der Waals surface area (Å²) in [7, 11) is 0. The molecule has 0 radical (unpaired) electrons. The van der Waals surface area contributed by atoms with Crippen LogP contribution in [0.4, 0.5) is 26.4 Å². The summed E-state index contributed by atoms with van der Waals surface area (Å²) in [6.07, 6.45) is 10.9. The summed E-state index contributed by atoms with van der Waals surface area (Å²) < 4.78 is 21.6. The molecule has 214 valence electrons. The Labute approximate surface area is 234 Å². The van der Waals surface area contributed by atoms with E-state index in [2.05, 4.69) is 27.1 Å². The molecule has 5 rings (SSSR count). The second-order valence-electron chi connectivity index (χ2n) is 12.4. The van der Waals surface area contributed by atoms with Crippen LogP contribution >= 0.6 is 0 Å². The van der Waals surface area contributed by atoms with Gasteiger partial charge in [-0.1, -0.05) is 13.8 Å². The molecule has 0 saturated heterocycles. The van der Waals surface area contributed by atoms with Crippen molar-refractivity contribution in [3.05, 3.63) is 48.3 Å². The molecule has 1 aliphatic carbocycles. The SMILES string of the molecule is CCC(CCN(CC1(C)CC1)c1ccnc2c1CCN2C(=O)Nc1cc(F)c2nccn2c1)C(=O)OC(C)(C)C. The van der Waals surface area contributed by atoms with E-state index >= 15 is 0 Å². The Hall–Kier alpha value is -3.69. The molecule has 0 aromatic carbocycles. The number of hydrogen-bond acceptors (Lipinski definition) is 6. The molecular weight excluding hydrogens is 511 g/mol. The number of fused-ring (bicyclic) bond motifs is 2. The smallest absolute Gasteiger partial charge is 0.327 e. The van der Waals surface area contributed by atoms with E-state index in [0.29, 0.717) is 43.9 Å². The highest BCUT2D eigenvalue weighted by Gasteiger charge is 2.40. The predicted octanol–water partition coefficient (Wildman–Crippen LogP) is 5.83. The number of carbonyl (C=O) groups is 2. The summed E-state index contributed by atoms with van der Waals surface area (Å²) in [4.78, 5) is 38.7. The van der Waals surface area contributed by atoms with Gasteiger partial charge in [0.1, 0.15) is 11.4 Å². The number of rotatable bonds is 9. The zero-order valence-electron chi connectivity index (χ0n) is 24.0. The standard InChI is InChI=1S/C30H39FN6O3/c1-6-20(27(38)40-29(2,3)4)8-14-36(19-30(5)10-11-30)24-7-12-32-25-22(24)9-15-37(25)28(39)34-21-17-23(31)26-33-13-16-35(26)18-21/h7,12-13,16-18,20H,6,8-11,14-15,19H2,1-5H3,(H,34,39). The van der Waals surface area contributed by atoms with Crippen LogP contribution < -0.4 is 15.1 Å². The Bertz CT molecular complexity index is 1410. The summed E-state index contributed by atoms with van der Waals surface area (Å²) in [6.45, 7) is 12.1. The van der Waals surface area contributed by atoms with Crippen molar-refractivity contribution in [2.75, 3.05) is 34.8 Å². The summed E-state index contributed by atoms with van der Waals surface area (Å²) in [5, 5.41) is 2.82. The first-order valence-electron chi connectivity index (χ1n) is 14.1. The normalized spacial score (nSPS) is 16.5. The number of amides is 2. The van der Waals surface area contributed by atoms with Crippen LogP contribution in [0.1, 0.15) is 65.9 Å². The van der Waals surface area contributed by atoms with Gasteiger partial charge in [-0.25, -0.2) is 19.2 Å². The molecule has 2 amide bonds. The Kier molecular flexibility index (Phi) is 7.46. The molecule has 3 aromatic heterocycles. The van der Waals surface area contributed by atoms with Crippen molar-refractivity contribution in [2.45, 2.75) is 72.3 Å². The topological polar surface area (TPSA) is 92.1 Å². The third-order valence-corrected chi connectivity index (χ3v) is 7.79. The largest absolute Gasteiger partial charge is 0.460 e. The molecule has 2 aliphatic rings. The van der Waals surface area contributed by atoms with Gasteiger partial charge in [-0.05, 0) is 64.4 Å². The molecule has 0 spiro atoms. The first-order valence-corrected chi connectivity index (χ1v) is 14.1. The van der Waals surface area contributed by atoms with Crippen LogP contribution in [0.25, 0.3) is 5.65 Å². The van der Waals surface area contributed by atoms with Gasteiger partial charge in [0.05, 0.1) is 11.6 Å². The molecule has 1 atom stereocenters. The van der Waals surface area contributed by atoms with Crippen LogP contribution in [0.5, 0.6) is 0 Å². The van der Waals surface area contributed by atoms with E-state index in [1.807, 2.05) is 33.8 Å². The Morgan fingerprint density at radius 3 is 2.73 bits per heavy atom. The molecule has 40 heavy (non-hydrogen) atoms. The summed E-state index contributed by atoms with van der Waals surface area (Å²) in [5.74, 6) is -0.227. The van der Waals surface area contributed by atoms with Gasteiger partial charge in [0, 0.05) is 61.7 Å². The van der Waals surface area contributed by atoms with Gasteiger partial charge < -0.3 is 19.4 Å². The minimum atomic E-state index is -0.516. The van der Waals surface area contributed by atoms with Crippen LogP contribution in [-0.4, -0.2) is 51.6 Å². The van der Waals surface area contributed by atoms with Crippen LogP contribution in [-0.2, 0) is 16.0 Å². The minimum Gasteiger partial charge on any atom is -0.460 e. The van der Waals surface area contributed by atoms with Crippen LogP contribution in [0.3, 0.4) is 0 Å². The lowest BCUT2D eigenvalue weighted by atomic mass is 10.00. The lowest BCUT2D eigenvalue weighted by Gasteiger charge is -2.31. The van der Waals surface area contributed by atoms with Gasteiger partial charge in [0.2, 0.25) is 0 Å². The molecule has 1 fully saturated rings. The molecular formula is C30H39FN6O3. The number of esters is 1. The van der Waals surface area contributed by atoms with E-state index in [1.54, 1.807) is 23.5 Å². The maximum Gasteiger partial charge on any atom is 0.327 e. The predicted molar refractivity (Wildman–Crippen MR) is 153 cm³/mol. The number of anilines is 3. The number of urea groups is 1. The lowest BCUT2D eigenvalue weighted by Crippen LogP contribution is -2.35. The fourth-order valence-corrected chi connectivity index (χ4v) is 5.32. The number of pyridine rings is 2. The van der Waals surface area contributed by atoms with Crippen LogP contribution in [0, 0.1) is 17.2 Å². The second-order valence-corrected chi connectivity index (χ2v) is 12.4. The molecule has 1 N–H and O–H groups in total. The molecule has 3 aromatic rings. The average Bonchev–Trinajstić information content (AvgIpc) is 3.26. The number of imidazole rings is 1. The lowest BCUT2D eigenvalue weighted by molar-refractivity contribution is -0.160. The van der Waals surface area contributed by atoms with Gasteiger partial charge >= 0.3 is 12.0 Å². The maximum absolute atomic E-state index is 14.4. The number of halogens is 1. The Balaban J connectivity index is 1.35. The van der Waals surface area contributed by atoms with Crippen molar-refractivity contribution in [3.8, 4) is 0 Å². The first-order chi connectivity index (χ1) is 19.0. The van der Waals surface area contributed by atoms with E-state index in [9.17, 15) is 14.0 Å². The number of nitrogens with one attached hydrogen (secondary N) is 1. The number of carbonyl (C=O) groups excluding carboxylic acids is 2. The van der Waals surface area contributed by atoms with Crippen molar-refractivity contribution in [1.82, 2.24) is 14.4 Å². The van der Waals surface area contributed by atoms with Crippen molar-refractivity contribution in [3.63, 3.8) is 0 Å². The van der Waals surface area contributed by atoms with Gasteiger partial charge in [-0.3, -0.25) is 9.69 Å².